The van der Waals surface area contributed by atoms with E-state index in [4.69, 9.17) is 11.6 Å². The standard InChI is InChI=1S/C14H17BrClF/c1-14(7-2-3-8-14)13(15)9-10-11(16)5-4-6-12(10)17/h4-6,13H,2-3,7-9H2,1H3. The molecule has 1 aromatic carbocycles. The second-order valence-electron chi connectivity index (χ2n) is 5.23. The van der Waals surface area contributed by atoms with Gasteiger partial charge in [-0.2, -0.15) is 0 Å². The fourth-order valence-corrected chi connectivity index (χ4v) is 3.67. The maximum Gasteiger partial charge on any atom is 0.127 e. The van der Waals surface area contributed by atoms with Gasteiger partial charge in [0, 0.05) is 15.4 Å². The van der Waals surface area contributed by atoms with Crippen molar-refractivity contribution < 1.29 is 4.39 Å². The van der Waals surface area contributed by atoms with Gasteiger partial charge in [-0.25, -0.2) is 4.39 Å². The average Bonchev–Trinajstić information content (AvgIpc) is 2.72. The van der Waals surface area contributed by atoms with Crippen LogP contribution in [0, 0.1) is 11.2 Å². The summed E-state index contributed by atoms with van der Waals surface area (Å²) < 4.78 is 13.7. The summed E-state index contributed by atoms with van der Waals surface area (Å²) in [6.45, 7) is 2.29. The molecule has 94 valence electrons. The molecular weight excluding hydrogens is 303 g/mol. The molecule has 0 heterocycles. The van der Waals surface area contributed by atoms with Crippen molar-refractivity contribution in [2.45, 2.75) is 43.9 Å². The van der Waals surface area contributed by atoms with Crippen molar-refractivity contribution in [1.29, 1.82) is 0 Å². The molecule has 0 bridgehead atoms. The molecular formula is C14H17BrClF. The molecule has 0 aromatic heterocycles. The molecule has 0 amide bonds. The molecule has 17 heavy (non-hydrogen) atoms. The molecule has 0 N–H and O–H groups in total. The third kappa shape index (κ3) is 2.85. The highest BCUT2D eigenvalue weighted by molar-refractivity contribution is 9.09. The van der Waals surface area contributed by atoms with Crippen LogP contribution in [0.2, 0.25) is 5.02 Å². The van der Waals surface area contributed by atoms with E-state index < -0.39 is 0 Å². The van der Waals surface area contributed by atoms with Crippen molar-refractivity contribution in [3.05, 3.63) is 34.6 Å². The zero-order valence-corrected chi connectivity index (χ0v) is 12.3. The van der Waals surface area contributed by atoms with Crippen molar-refractivity contribution >= 4 is 27.5 Å². The summed E-state index contributed by atoms with van der Waals surface area (Å²) in [5.74, 6) is -0.191. The van der Waals surface area contributed by atoms with E-state index in [1.165, 1.54) is 31.7 Å². The minimum absolute atomic E-state index is 0.191. The van der Waals surface area contributed by atoms with Crippen LogP contribution in [-0.4, -0.2) is 4.83 Å². The molecule has 0 saturated heterocycles. The van der Waals surface area contributed by atoms with Crippen LogP contribution in [0.3, 0.4) is 0 Å². The molecule has 0 nitrogen and oxygen atoms in total. The predicted octanol–water partition coefficient (Wildman–Crippen LogP) is 5.37. The first kappa shape index (κ1) is 13.4. The summed E-state index contributed by atoms with van der Waals surface area (Å²) in [5.41, 5.74) is 0.926. The first-order chi connectivity index (χ1) is 8.03. The van der Waals surface area contributed by atoms with Gasteiger partial charge in [0.05, 0.1) is 0 Å². The van der Waals surface area contributed by atoms with Crippen LogP contribution in [0.1, 0.15) is 38.2 Å². The highest BCUT2D eigenvalue weighted by Gasteiger charge is 2.36. The molecule has 3 heteroatoms. The highest BCUT2D eigenvalue weighted by Crippen LogP contribution is 2.45. The van der Waals surface area contributed by atoms with E-state index in [-0.39, 0.29) is 11.2 Å². The van der Waals surface area contributed by atoms with Gasteiger partial charge < -0.3 is 0 Å². The molecule has 2 rings (SSSR count). The van der Waals surface area contributed by atoms with Crippen molar-refractivity contribution in [2.24, 2.45) is 5.41 Å². The molecule has 1 aromatic rings. The van der Waals surface area contributed by atoms with E-state index in [2.05, 4.69) is 22.9 Å². The van der Waals surface area contributed by atoms with Gasteiger partial charge in [-0.05, 0) is 36.8 Å². The second-order valence-corrected chi connectivity index (χ2v) is 6.75. The van der Waals surface area contributed by atoms with Crippen molar-refractivity contribution in [2.75, 3.05) is 0 Å². The van der Waals surface area contributed by atoms with Gasteiger partial charge in [0.1, 0.15) is 5.82 Å². The van der Waals surface area contributed by atoms with Gasteiger partial charge in [0.25, 0.3) is 0 Å². The lowest BCUT2D eigenvalue weighted by Gasteiger charge is -2.30. The molecule has 0 spiro atoms. The number of alkyl halides is 1. The van der Waals surface area contributed by atoms with Crippen LogP contribution >= 0.6 is 27.5 Å². The topological polar surface area (TPSA) is 0 Å². The molecule has 1 atom stereocenters. The third-order valence-corrected chi connectivity index (χ3v) is 5.73. The molecule has 1 aliphatic rings. The van der Waals surface area contributed by atoms with E-state index >= 15 is 0 Å². The van der Waals surface area contributed by atoms with Crippen molar-refractivity contribution in [3.63, 3.8) is 0 Å². The Labute approximate surface area is 116 Å². The van der Waals surface area contributed by atoms with Crippen LogP contribution in [0.5, 0.6) is 0 Å². The maximum absolute atomic E-state index is 13.7. The summed E-state index contributed by atoms with van der Waals surface area (Å²) in [4.78, 5) is 0.298. The Morgan fingerprint density at radius 1 is 1.41 bits per heavy atom. The Balaban J connectivity index is 2.15. The van der Waals surface area contributed by atoms with Crippen LogP contribution in [-0.2, 0) is 6.42 Å². The summed E-state index contributed by atoms with van der Waals surface area (Å²) in [7, 11) is 0. The number of rotatable bonds is 3. The van der Waals surface area contributed by atoms with Crippen LogP contribution in [0.4, 0.5) is 4.39 Å². The monoisotopic (exact) mass is 318 g/mol. The lowest BCUT2D eigenvalue weighted by Crippen LogP contribution is -2.26. The summed E-state index contributed by atoms with van der Waals surface area (Å²) in [5, 5.41) is 0.538. The lowest BCUT2D eigenvalue weighted by atomic mass is 9.82. The van der Waals surface area contributed by atoms with E-state index in [9.17, 15) is 4.39 Å². The minimum Gasteiger partial charge on any atom is -0.207 e. The van der Waals surface area contributed by atoms with E-state index in [1.54, 1.807) is 12.1 Å². The molecule has 1 unspecified atom stereocenters. The van der Waals surface area contributed by atoms with Gasteiger partial charge in [-0.15, -0.1) is 0 Å². The number of hydrogen-bond donors (Lipinski definition) is 0. The van der Waals surface area contributed by atoms with Gasteiger partial charge in [-0.1, -0.05) is 53.4 Å². The average molecular weight is 320 g/mol. The first-order valence-corrected chi connectivity index (χ1v) is 7.39. The molecule has 1 fully saturated rings. The number of halogens is 3. The van der Waals surface area contributed by atoms with Gasteiger partial charge in [-0.3, -0.25) is 0 Å². The first-order valence-electron chi connectivity index (χ1n) is 6.10. The molecule has 1 saturated carbocycles. The molecule has 0 aliphatic heterocycles. The van der Waals surface area contributed by atoms with E-state index in [0.29, 0.717) is 21.8 Å². The summed E-state index contributed by atoms with van der Waals surface area (Å²) in [6.07, 6.45) is 5.67. The zero-order chi connectivity index (χ0) is 12.5. The van der Waals surface area contributed by atoms with Gasteiger partial charge >= 0.3 is 0 Å². The Kier molecular flexibility index (Phi) is 4.14. The summed E-state index contributed by atoms with van der Waals surface area (Å²) in [6, 6.07) is 4.90. The largest absolute Gasteiger partial charge is 0.207 e. The normalized spacial score (nSPS) is 20.5. The maximum atomic E-state index is 13.7. The Bertz CT molecular complexity index is 379. The quantitative estimate of drug-likeness (QED) is 0.657. The second kappa shape index (κ2) is 5.27. The Morgan fingerprint density at radius 2 is 2.06 bits per heavy atom. The number of benzene rings is 1. The fourth-order valence-electron chi connectivity index (χ4n) is 2.65. The molecule has 0 radical (unpaired) electrons. The minimum atomic E-state index is -0.191. The van der Waals surface area contributed by atoms with Gasteiger partial charge in [0.2, 0.25) is 0 Å². The molecule has 1 aliphatic carbocycles. The van der Waals surface area contributed by atoms with Gasteiger partial charge in [0.15, 0.2) is 0 Å². The highest BCUT2D eigenvalue weighted by atomic mass is 79.9. The number of hydrogen-bond acceptors (Lipinski definition) is 0. The van der Waals surface area contributed by atoms with E-state index in [1.807, 2.05) is 0 Å². The van der Waals surface area contributed by atoms with Crippen molar-refractivity contribution in [1.82, 2.24) is 0 Å². The van der Waals surface area contributed by atoms with Crippen LogP contribution in [0.15, 0.2) is 18.2 Å². The smallest absolute Gasteiger partial charge is 0.127 e. The SMILES string of the molecule is CC1(C(Br)Cc2c(F)cccc2Cl)CCCC1. The Morgan fingerprint density at radius 3 is 2.65 bits per heavy atom. The predicted molar refractivity (Wildman–Crippen MR) is 74.4 cm³/mol. The third-order valence-electron chi connectivity index (χ3n) is 3.95. The fraction of sp³-hybridized carbons (Fsp3) is 0.571. The van der Waals surface area contributed by atoms with Crippen molar-refractivity contribution in [3.8, 4) is 0 Å². The lowest BCUT2D eigenvalue weighted by molar-refractivity contribution is 0.324. The van der Waals surface area contributed by atoms with Crippen LogP contribution < -0.4 is 0 Å². The Hall–Kier alpha value is -0.0800. The zero-order valence-electron chi connectivity index (χ0n) is 9.98. The van der Waals surface area contributed by atoms with E-state index in [0.717, 1.165) is 0 Å². The summed E-state index contributed by atoms with van der Waals surface area (Å²) >= 11 is 9.81. The van der Waals surface area contributed by atoms with Crippen LogP contribution in [0.25, 0.3) is 0 Å².